The Bertz CT molecular complexity index is 2570. The minimum absolute atomic E-state index is 0.115. The summed E-state index contributed by atoms with van der Waals surface area (Å²) in [5, 5.41) is 2.33. The third-order valence-corrected chi connectivity index (χ3v) is 15.1. The number of piperidine rings is 1. The predicted octanol–water partition coefficient (Wildman–Crippen LogP) is 8.28. The van der Waals surface area contributed by atoms with Crippen LogP contribution in [0, 0.1) is 11.3 Å². The number of para-hydroxylation sites is 1. The molecule has 1 N–H and O–H groups in total. The fourth-order valence-electron chi connectivity index (χ4n) is 11.2. The molecule has 0 saturated carbocycles. The molecule has 0 bridgehead atoms. The van der Waals surface area contributed by atoms with Gasteiger partial charge in [0.25, 0.3) is 5.91 Å². The molecule has 68 heavy (non-hydrogen) atoms. The highest BCUT2D eigenvalue weighted by molar-refractivity contribution is 6.06. The number of carbonyl (C=O) groups is 3. The topological polar surface area (TPSA) is 118 Å². The van der Waals surface area contributed by atoms with E-state index < -0.39 is 29.2 Å². The number of imidazole rings is 1. The molecule has 3 aliphatic heterocycles. The summed E-state index contributed by atoms with van der Waals surface area (Å²) in [5.74, 6) is 0.215. The lowest BCUT2D eigenvalue weighted by Gasteiger charge is -2.46. The van der Waals surface area contributed by atoms with Crippen molar-refractivity contribution < 1.29 is 37.0 Å². The highest BCUT2D eigenvalue weighted by atomic mass is 19.4. The summed E-state index contributed by atoms with van der Waals surface area (Å²) in [6, 6.07) is 20.9. The predicted molar refractivity (Wildman–Crippen MR) is 256 cm³/mol. The SMILES string of the molecule is COc1ccc([C@]2(CCN(Cc3ccc(C4=CCC(CN5CCN(C(=O)c6cccc7c6n(C)c(=O)n7C6CCC(=O)NC6=O)CC5)CC4)cc3)CC(C)(C)C(F)(F)F)CCOC(C)(C)C2)cc1. The van der Waals surface area contributed by atoms with E-state index >= 15 is 0 Å². The zero-order chi connectivity index (χ0) is 48.6. The Labute approximate surface area is 397 Å². The monoisotopic (exact) mass is 941 g/mol. The largest absolute Gasteiger partial charge is 0.497 e. The molecule has 3 fully saturated rings. The van der Waals surface area contributed by atoms with Gasteiger partial charge in [0.1, 0.15) is 11.8 Å². The van der Waals surface area contributed by atoms with Gasteiger partial charge in [-0.15, -0.1) is 0 Å². The van der Waals surface area contributed by atoms with Gasteiger partial charge in [0.15, 0.2) is 0 Å². The third kappa shape index (κ3) is 10.5. The van der Waals surface area contributed by atoms with Gasteiger partial charge in [-0.1, -0.05) is 48.5 Å². The molecular formula is C53H67F3N6O6. The van der Waals surface area contributed by atoms with Crippen molar-refractivity contribution in [1.82, 2.24) is 29.2 Å². The molecule has 8 rings (SSSR count). The minimum Gasteiger partial charge on any atom is -0.497 e. The van der Waals surface area contributed by atoms with E-state index in [0.29, 0.717) is 61.7 Å². The molecule has 0 radical (unpaired) electrons. The number of imide groups is 1. The van der Waals surface area contributed by atoms with Crippen LogP contribution >= 0.6 is 0 Å². The van der Waals surface area contributed by atoms with Crippen LogP contribution in [0.3, 0.4) is 0 Å². The van der Waals surface area contributed by atoms with Crippen molar-refractivity contribution in [3.63, 3.8) is 0 Å². The molecule has 2 unspecified atom stereocenters. The van der Waals surface area contributed by atoms with Gasteiger partial charge < -0.3 is 14.4 Å². The number of ether oxygens (including phenoxy) is 2. The summed E-state index contributed by atoms with van der Waals surface area (Å²) in [7, 11) is 3.25. The molecule has 12 nitrogen and oxygen atoms in total. The highest BCUT2D eigenvalue weighted by Gasteiger charge is 2.49. The van der Waals surface area contributed by atoms with E-state index in [1.807, 2.05) is 21.9 Å². The number of allylic oxidation sites excluding steroid dienone is 2. The molecule has 3 amide bonds. The summed E-state index contributed by atoms with van der Waals surface area (Å²) >= 11 is 0. The number of hydrogen-bond acceptors (Lipinski definition) is 8. The second kappa shape index (κ2) is 19.6. The number of nitrogens with one attached hydrogen (secondary N) is 1. The van der Waals surface area contributed by atoms with Gasteiger partial charge >= 0.3 is 11.9 Å². The molecule has 366 valence electrons. The maximum atomic E-state index is 14.4. The molecule has 3 atom stereocenters. The number of rotatable bonds is 14. The molecule has 15 heteroatoms. The Balaban J connectivity index is 0.874. The fourth-order valence-corrected chi connectivity index (χ4v) is 11.2. The standard InChI is InChI=1S/C53H67F3N6O6/c1-50(2,53(54,55)56)35-60(26-24-52(25-31-68-51(3,4)34-52)40-18-20-41(67-6)21-19-40)33-37-12-16-39(17-13-37)38-14-10-36(11-15-38)32-59-27-29-61(30-28-59)48(65)42-8-7-9-43-46(42)58(5)49(66)62(43)44-22-23-45(63)57-47(44)64/h7-9,12-14,16-21,36,44H,10-11,15,22-35H2,1-6H3,(H,57,63,64)/t36?,44?,52-/m1/s1. The average molecular weight is 941 g/mol. The number of piperazine rings is 1. The fraction of sp³-hybridized carbons (Fsp3) is 0.547. The Kier molecular flexibility index (Phi) is 14.2. The van der Waals surface area contributed by atoms with Crippen molar-refractivity contribution in [3.8, 4) is 5.75 Å². The first-order valence-electron chi connectivity index (χ1n) is 24.2. The number of amides is 3. The van der Waals surface area contributed by atoms with Crippen LogP contribution in [0.1, 0.15) is 112 Å². The number of alkyl halides is 3. The van der Waals surface area contributed by atoms with Crippen molar-refractivity contribution in [2.75, 3.05) is 59.5 Å². The second-order valence-electron chi connectivity index (χ2n) is 20.9. The van der Waals surface area contributed by atoms with Gasteiger partial charge in [0.05, 0.1) is 34.7 Å². The lowest BCUT2D eigenvalue weighted by Crippen LogP contribution is -2.49. The van der Waals surface area contributed by atoms with E-state index in [1.54, 1.807) is 32.4 Å². The number of hydrogen-bond donors (Lipinski definition) is 1. The van der Waals surface area contributed by atoms with Crippen LogP contribution in [0.5, 0.6) is 5.75 Å². The number of aromatic nitrogens is 2. The quantitative estimate of drug-likeness (QED) is 0.126. The number of nitrogens with zero attached hydrogens (tertiary/aromatic N) is 5. The number of methoxy groups -OCH3 is 1. The van der Waals surface area contributed by atoms with Crippen LogP contribution in [0.4, 0.5) is 13.2 Å². The molecule has 3 saturated heterocycles. The van der Waals surface area contributed by atoms with Crippen LogP contribution in [-0.2, 0) is 33.3 Å². The van der Waals surface area contributed by atoms with Crippen molar-refractivity contribution >= 4 is 34.3 Å². The summed E-state index contributed by atoms with van der Waals surface area (Å²) in [6.45, 7) is 11.7. The van der Waals surface area contributed by atoms with E-state index in [-0.39, 0.29) is 42.2 Å². The van der Waals surface area contributed by atoms with Crippen LogP contribution in [0.2, 0.25) is 0 Å². The third-order valence-electron chi connectivity index (χ3n) is 15.1. The lowest BCUT2D eigenvalue weighted by atomic mass is 9.67. The maximum absolute atomic E-state index is 14.4. The minimum atomic E-state index is -4.35. The molecule has 1 aliphatic carbocycles. The average Bonchev–Trinajstić information content (AvgIpc) is 3.56. The van der Waals surface area contributed by atoms with Crippen LogP contribution in [-0.4, -0.2) is 113 Å². The van der Waals surface area contributed by atoms with Gasteiger partial charge in [-0.25, -0.2) is 4.79 Å². The summed E-state index contributed by atoms with van der Waals surface area (Å²) < 4.78 is 57.6. The molecule has 0 spiro atoms. The van der Waals surface area contributed by atoms with Crippen LogP contribution in [0.15, 0.2) is 77.6 Å². The number of benzene rings is 3. The van der Waals surface area contributed by atoms with E-state index in [4.69, 9.17) is 9.47 Å². The van der Waals surface area contributed by atoms with Crippen molar-refractivity contribution in [3.05, 3.63) is 106 Å². The Morgan fingerprint density at radius 3 is 2.29 bits per heavy atom. The molecule has 4 aromatic rings. The van der Waals surface area contributed by atoms with Gasteiger partial charge in [-0.3, -0.25) is 38.6 Å². The summed E-state index contributed by atoms with van der Waals surface area (Å²) in [6.07, 6.45) is 3.50. The van der Waals surface area contributed by atoms with Gasteiger partial charge in [-0.2, -0.15) is 13.2 Å². The lowest BCUT2D eigenvalue weighted by molar-refractivity contribution is -0.217. The Hall–Kier alpha value is -5.25. The number of halogens is 3. The highest BCUT2D eigenvalue weighted by Crippen LogP contribution is 2.45. The summed E-state index contributed by atoms with van der Waals surface area (Å²) in [4.78, 5) is 58.2. The second-order valence-corrected chi connectivity index (χ2v) is 20.9. The van der Waals surface area contributed by atoms with Crippen molar-refractivity contribution in [2.24, 2.45) is 18.4 Å². The smallest absolute Gasteiger partial charge is 0.395 e. The van der Waals surface area contributed by atoms with Gasteiger partial charge in [0, 0.05) is 71.3 Å². The van der Waals surface area contributed by atoms with Crippen molar-refractivity contribution in [2.45, 2.75) is 109 Å². The molecule has 4 aliphatic rings. The molecule has 4 heterocycles. The van der Waals surface area contributed by atoms with E-state index in [0.717, 1.165) is 74.2 Å². The first kappa shape index (κ1) is 49.2. The van der Waals surface area contributed by atoms with Gasteiger partial charge in [-0.05, 0) is 132 Å². The van der Waals surface area contributed by atoms with Crippen molar-refractivity contribution in [1.29, 1.82) is 0 Å². The molecule has 1 aromatic heterocycles. The Morgan fingerprint density at radius 1 is 0.941 bits per heavy atom. The first-order valence-corrected chi connectivity index (χ1v) is 24.2. The number of carbonyl (C=O) groups excluding carboxylic acids is 3. The van der Waals surface area contributed by atoms with Crippen LogP contribution < -0.4 is 15.7 Å². The van der Waals surface area contributed by atoms with E-state index in [2.05, 4.69) is 66.5 Å². The number of aryl methyl sites for hydroxylation is 1. The maximum Gasteiger partial charge on any atom is 0.395 e. The Morgan fingerprint density at radius 2 is 1.66 bits per heavy atom. The van der Waals surface area contributed by atoms with Gasteiger partial charge in [0.2, 0.25) is 11.8 Å². The normalized spacial score (nSPS) is 22.9. The van der Waals surface area contributed by atoms with E-state index in [9.17, 15) is 32.3 Å². The molecular weight excluding hydrogens is 874 g/mol. The van der Waals surface area contributed by atoms with Crippen LogP contribution in [0.25, 0.3) is 16.6 Å². The zero-order valence-corrected chi connectivity index (χ0v) is 40.4. The molecule has 3 aromatic carbocycles. The van der Waals surface area contributed by atoms with E-state index in [1.165, 1.54) is 28.6 Å². The number of fused-ring (bicyclic) bond motifs is 1. The first-order chi connectivity index (χ1) is 32.3. The summed E-state index contributed by atoms with van der Waals surface area (Å²) in [5.41, 5.74) is 3.04. The zero-order valence-electron chi connectivity index (χ0n) is 40.4.